The summed E-state index contributed by atoms with van der Waals surface area (Å²) in [5, 5.41) is 11.0. The summed E-state index contributed by atoms with van der Waals surface area (Å²) < 4.78 is 79.1. The van der Waals surface area contributed by atoms with Gasteiger partial charge in [0.1, 0.15) is 6.54 Å². The van der Waals surface area contributed by atoms with E-state index >= 15 is 0 Å². The molecule has 1 aliphatic heterocycles. The molecule has 29 heavy (non-hydrogen) atoms. The van der Waals surface area contributed by atoms with E-state index in [1.807, 2.05) is 6.92 Å². The van der Waals surface area contributed by atoms with Crippen LogP contribution in [-0.4, -0.2) is 58.0 Å². The maximum absolute atomic E-state index is 12.8. The van der Waals surface area contributed by atoms with Gasteiger partial charge >= 0.3 is 12.4 Å². The van der Waals surface area contributed by atoms with Gasteiger partial charge in [0.05, 0.1) is 16.6 Å². The van der Waals surface area contributed by atoms with Gasteiger partial charge in [-0.3, -0.25) is 5.43 Å². The van der Waals surface area contributed by atoms with Gasteiger partial charge < -0.3 is 9.83 Å². The van der Waals surface area contributed by atoms with Gasteiger partial charge in [-0.1, -0.05) is 13.0 Å². The highest BCUT2D eigenvalue weighted by Crippen LogP contribution is 2.42. The first-order valence-corrected chi connectivity index (χ1v) is 11.3. The number of alkyl halides is 6. The molecule has 0 amide bonds. The Kier molecular flexibility index (Phi) is 8.90. The molecular formula is C17H27F6N3OS2. The van der Waals surface area contributed by atoms with Gasteiger partial charge in [-0.05, 0) is 37.6 Å². The molecule has 1 fully saturated rings. The number of aliphatic hydroxyl groups is 1. The maximum atomic E-state index is 12.8. The van der Waals surface area contributed by atoms with E-state index in [0.29, 0.717) is 12.1 Å². The third kappa shape index (κ3) is 8.04. The maximum Gasteiger partial charge on any atom is 0.402 e. The largest absolute Gasteiger partial charge is 0.402 e. The van der Waals surface area contributed by atoms with Gasteiger partial charge in [0, 0.05) is 30.5 Å². The molecule has 0 aromatic heterocycles. The number of rotatable bonds is 8. The minimum atomic E-state index is -4.41. The normalized spacial score (nSPS) is 29.8. The van der Waals surface area contributed by atoms with Crippen molar-refractivity contribution in [3.63, 3.8) is 0 Å². The summed E-state index contributed by atoms with van der Waals surface area (Å²) in [7, 11) is 1.37. The first kappa shape index (κ1) is 25.0. The standard InChI is InChI=1S/C17H27F6N3OS2/c1-3-12(24-26(2)9-16(18,19)20)14-6-7-15(28-14)29-25-10-4-5-11(13(27)8-10)17(21,22)23/h4,11-15,24-25,27H,3,5-9H2,1-2H3. The molecule has 2 rings (SSSR count). The number of halogens is 6. The molecule has 4 nitrogen and oxygen atoms in total. The lowest BCUT2D eigenvalue weighted by Gasteiger charge is -2.30. The van der Waals surface area contributed by atoms with Crippen LogP contribution in [0.3, 0.4) is 0 Å². The van der Waals surface area contributed by atoms with Gasteiger partial charge in [-0.15, -0.1) is 11.8 Å². The van der Waals surface area contributed by atoms with Crippen molar-refractivity contribution in [1.29, 1.82) is 0 Å². The van der Waals surface area contributed by atoms with Crippen LogP contribution in [0, 0.1) is 5.92 Å². The monoisotopic (exact) mass is 467 g/mol. The summed E-state index contributed by atoms with van der Waals surface area (Å²) in [4.78, 5) is 0. The van der Waals surface area contributed by atoms with Crippen LogP contribution in [0.4, 0.5) is 26.3 Å². The Morgan fingerprint density at radius 1 is 1.28 bits per heavy atom. The van der Waals surface area contributed by atoms with Crippen LogP contribution in [-0.2, 0) is 0 Å². The van der Waals surface area contributed by atoms with Crippen molar-refractivity contribution in [2.24, 2.45) is 5.92 Å². The summed E-state index contributed by atoms with van der Waals surface area (Å²) in [5.41, 5.74) is 3.51. The first-order chi connectivity index (χ1) is 13.4. The van der Waals surface area contributed by atoms with Crippen molar-refractivity contribution in [3.05, 3.63) is 11.8 Å². The lowest BCUT2D eigenvalue weighted by Crippen LogP contribution is -2.49. The number of aliphatic hydroxyl groups excluding tert-OH is 1. The van der Waals surface area contributed by atoms with E-state index in [1.54, 1.807) is 11.8 Å². The summed E-state index contributed by atoms with van der Waals surface area (Å²) in [5.74, 6) is -1.73. The van der Waals surface area contributed by atoms with E-state index in [9.17, 15) is 31.4 Å². The van der Waals surface area contributed by atoms with Crippen LogP contribution in [0.15, 0.2) is 11.8 Å². The molecule has 1 heterocycles. The van der Waals surface area contributed by atoms with Gasteiger partial charge in [0.25, 0.3) is 0 Å². The highest BCUT2D eigenvalue weighted by molar-refractivity contribution is 8.16. The van der Waals surface area contributed by atoms with E-state index in [2.05, 4.69) is 10.1 Å². The molecule has 1 aliphatic carbocycles. The smallest absolute Gasteiger partial charge is 0.392 e. The Bertz CT molecular complexity index is 560. The molecule has 2 aliphatic rings. The van der Waals surface area contributed by atoms with Crippen LogP contribution in [0.25, 0.3) is 0 Å². The second kappa shape index (κ2) is 10.3. The molecule has 5 unspecified atom stereocenters. The number of allylic oxidation sites excluding steroid dienone is 1. The average molecular weight is 468 g/mol. The number of hydrogen-bond acceptors (Lipinski definition) is 6. The van der Waals surface area contributed by atoms with Gasteiger partial charge in [0.2, 0.25) is 0 Å². The zero-order chi connectivity index (χ0) is 21.8. The fourth-order valence-electron chi connectivity index (χ4n) is 3.50. The molecule has 0 radical (unpaired) electrons. The number of thioether (sulfide) groups is 1. The Balaban J connectivity index is 1.78. The molecule has 5 atom stereocenters. The number of nitrogens with zero attached hydrogens (tertiary/aromatic N) is 1. The van der Waals surface area contributed by atoms with Gasteiger partial charge in [-0.25, -0.2) is 5.01 Å². The second-order valence-electron chi connectivity index (χ2n) is 7.40. The molecule has 1 saturated heterocycles. The highest BCUT2D eigenvalue weighted by Gasteiger charge is 2.45. The fourth-order valence-corrected chi connectivity index (χ4v) is 6.38. The fraction of sp³-hybridized carbons (Fsp3) is 0.882. The number of hydrogen-bond donors (Lipinski definition) is 3. The van der Waals surface area contributed by atoms with Crippen molar-refractivity contribution < 1.29 is 31.4 Å². The van der Waals surface area contributed by atoms with Crippen LogP contribution in [0.1, 0.15) is 39.0 Å². The SMILES string of the molecule is CCC(NN(C)CC(F)(F)F)C1CCC(SNC2=CCC(C(F)(F)F)C(O)C2)S1. The van der Waals surface area contributed by atoms with Crippen LogP contribution in [0.2, 0.25) is 0 Å². The average Bonchev–Trinajstić information content (AvgIpc) is 3.04. The van der Waals surface area contributed by atoms with Crippen LogP contribution >= 0.6 is 23.7 Å². The Hall–Kier alpha value is -0.300. The third-order valence-electron chi connectivity index (χ3n) is 4.96. The summed E-state index contributed by atoms with van der Waals surface area (Å²) in [6.45, 7) is 0.889. The lowest BCUT2D eigenvalue weighted by molar-refractivity contribution is -0.200. The van der Waals surface area contributed by atoms with E-state index in [-0.39, 0.29) is 28.7 Å². The minimum Gasteiger partial charge on any atom is -0.392 e. The molecule has 0 aromatic carbocycles. The van der Waals surface area contributed by atoms with E-state index in [0.717, 1.165) is 17.9 Å². The topological polar surface area (TPSA) is 47.5 Å². The quantitative estimate of drug-likeness (QED) is 0.279. The predicted molar refractivity (Wildman–Crippen MR) is 104 cm³/mol. The van der Waals surface area contributed by atoms with E-state index in [1.165, 1.54) is 25.1 Å². The summed E-state index contributed by atoms with van der Waals surface area (Å²) in [6.07, 6.45) is -6.61. The zero-order valence-corrected chi connectivity index (χ0v) is 17.8. The van der Waals surface area contributed by atoms with Gasteiger partial charge in [-0.2, -0.15) is 26.3 Å². The Morgan fingerprint density at radius 3 is 2.52 bits per heavy atom. The predicted octanol–water partition coefficient (Wildman–Crippen LogP) is 4.44. The van der Waals surface area contributed by atoms with Crippen LogP contribution < -0.4 is 10.1 Å². The summed E-state index contributed by atoms with van der Waals surface area (Å²) in [6, 6.07) is -0.0961. The van der Waals surface area contributed by atoms with Crippen molar-refractivity contribution in [2.45, 2.75) is 73.4 Å². The van der Waals surface area contributed by atoms with E-state index < -0.39 is 30.9 Å². The molecule has 0 bridgehead atoms. The molecule has 3 N–H and O–H groups in total. The van der Waals surface area contributed by atoms with Crippen molar-refractivity contribution in [3.8, 4) is 0 Å². The molecule has 170 valence electrons. The highest BCUT2D eigenvalue weighted by atomic mass is 32.2. The summed E-state index contributed by atoms with van der Waals surface area (Å²) >= 11 is 3.05. The van der Waals surface area contributed by atoms with E-state index in [4.69, 9.17) is 0 Å². The zero-order valence-electron chi connectivity index (χ0n) is 16.2. The molecule has 0 spiro atoms. The lowest BCUT2D eigenvalue weighted by atomic mass is 9.89. The first-order valence-electron chi connectivity index (χ1n) is 9.44. The molecule has 12 heteroatoms. The third-order valence-corrected chi connectivity index (χ3v) is 7.91. The Labute approximate surface area is 175 Å². The molecule has 0 aromatic rings. The van der Waals surface area contributed by atoms with Gasteiger partial charge in [0.15, 0.2) is 0 Å². The molecular weight excluding hydrogens is 440 g/mol. The van der Waals surface area contributed by atoms with Crippen molar-refractivity contribution >= 4 is 23.7 Å². The number of hydrazine groups is 1. The minimum absolute atomic E-state index is 0.0701. The number of nitrogens with one attached hydrogen (secondary N) is 2. The molecule has 0 saturated carbocycles. The van der Waals surface area contributed by atoms with Crippen molar-refractivity contribution in [2.75, 3.05) is 13.6 Å². The Morgan fingerprint density at radius 2 is 1.97 bits per heavy atom. The van der Waals surface area contributed by atoms with Crippen LogP contribution in [0.5, 0.6) is 0 Å². The van der Waals surface area contributed by atoms with Crippen molar-refractivity contribution in [1.82, 2.24) is 15.2 Å². The second-order valence-corrected chi connectivity index (χ2v) is 10.2.